The molecule has 0 spiro atoms. The molecule has 1 aliphatic rings. The van der Waals surface area contributed by atoms with Crippen LogP contribution in [0.3, 0.4) is 0 Å². The van der Waals surface area contributed by atoms with Crippen molar-refractivity contribution in [3.8, 4) is 5.75 Å². The van der Waals surface area contributed by atoms with Gasteiger partial charge in [-0.05, 0) is 29.7 Å². The van der Waals surface area contributed by atoms with Crippen LogP contribution in [0.5, 0.6) is 5.75 Å². The minimum atomic E-state index is 0.162. The molecule has 0 amide bonds. The second-order valence-electron chi connectivity index (χ2n) is 4.68. The SMILES string of the molecule is C1CCCCC1.CO.FOc1ccc2c(Cl)nccc2c1. The Kier molecular flexibility index (Phi) is 8.71. The summed E-state index contributed by atoms with van der Waals surface area (Å²) >= 11 is 5.81. The molecule has 1 aromatic carbocycles. The van der Waals surface area contributed by atoms with E-state index in [0.29, 0.717) is 5.15 Å². The molecule has 1 heterocycles. The Labute approximate surface area is 129 Å². The smallest absolute Gasteiger partial charge is 0.172 e. The van der Waals surface area contributed by atoms with Gasteiger partial charge in [0.1, 0.15) is 5.15 Å². The quantitative estimate of drug-likeness (QED) is 0.745. The Morgan fingerprint density at radius 1 is 1.05 bits per heavy atom. The Morgan fingerprint density at radius 2 is 1.62 bits per heavy atom. The van der Waals surface area contributed by atoms with Crippen LogP contribution in [0, 0.1) is 0 Å². The first-order valence-corrected chi connectivity index (χ1v) is 7.46. The number of rotatable bonds is 1. The number of aromatic nitrogens is 1. The van der Waals surface area contributed by atoms with Gasteiger partial charge in [-0.1, -0.05) is 50.1 Å². The Morgan fingerprint density at radius 3 is 2.14 bits per heavy atom. The highest BCUT2D eigenvalue weighted by molar-refractivity contribution is 6.34. The van der Waals surface area contributed by atoms with Crippen LogP contribution in [0.15, 0.2) is 30.5 Å². The van der Waals surface area contributed by atoms with Crippen molar-refractivity contribution in [1.29, 1.82) is 0 Å². The van der Waals surface area contributed by atoms with Crippen LogP contribution in [-0.2, 0) is 0 Å². The first kappa shape index (κ1) is 17.7. The third-order valence-electron chi connectivity index (χ3n) is 3.28. The molecule has 1 N–H and O–H groups in total. The fourth-order valence-electron chi connectivity index (χ4n) is 2.23. The fourth-order valence-corrected chi connectivity index (χ4v) is 2.46. The van der Waals surface area contributed by atoms with Gasteiger partial charge in [0.15, 0.2) is 5.75 Å². The van der Waals surface area contributed by atoms with E-state index in [1.54, 1.807) is 24.4 Å². The summed E-state index contributed by atoms with van der Waals surface area (Å²) in [5.74, 6) is 0.162. The van der Waals surface area contributed by atoms with Gasteiger partial charge in [0.05, 0.1) is 0 Å². The first-order chi connectivity index (χ1) is 10.3. The van der Waals surface area contributed by atoms with Crippen LogP contribution in [0.4, 0.5) is 4.53 Å². The molecule has 116 valence electrons. The van der Waals surface area contributed by atoms with Crippen LogP contribution >= 0.6 is 11.6 Å². The molecule has 21 heavy (non-hydrogen) atoms. The van der Waals surface area contributed by atoms with Gasteiger partial charge in [-0.15, -0.1) is 0 Å². The topological polar surface area (TPSA) is 42.4 Å². The number of halogens is 2. The van der Waals surface area contributed by atoms with E-state index in [9.17, 15) is 4.53 Å². The van der Waals surface area contributed by atoms with E-state index in [-0.39, 0.29) is 5.75 Å². The number of aliphatic hydroxyl groups excluding tert-OH is 1. The maximum atomic E-state index is 11.8. The van der Waals surface area contributed by atoms with E-state index >= 15 is 0 Å². The number of aliphatic hydroxyl groups is 1. The van der Waals surface area contributed by atoms with Crippen molar-refractivity contribution in [2.75, 3.05) is 7.11 Å². The highest BCUT2D eigenvalue weighted by Crippen LogP contribution is 2.25. The van der Waals surface area contributed by atoms with Gasteiger partial charge in [-0.3, -0.25) is 4.94 Å². The van der Waals surface area contributed by atoms with Crippen molar-refractivity contribution in [3.63, 3.8) is 0 Å². The molecular formula is C16H21ClFNO2. The van der Waals surface area contributed by atoms with Crippen LogP contribution in [0.1, 0.15) is 38.5 Å². The van der Waals surface area contributed by atoms with Crippen LogP contribution in [-0.4, -0.2) is 17.2 Å². The van der Waals surface area contributed by atoms with Crippen molar-refractivity contribution in [2.45, 2.75) is 38.5 Å². The first-order valence-electron chi connectivity index (χ1n) is 7.09. The maximum absolute atomic E-state index is 11.8. The minimum Gasteiger partial charge on any atom is -0.400 e. The molecule has 1 fully saturated rings. The van der Waals surface area contributed by atoms with Gasteiger partial charge < -0.3 is 5.11 Å². The van der Waals surface area contributed by atoms with Crippen molar-refractivity contribution < 1.29 is 14.6 Å². The normalized spacial score (nSPS) is 13.5. The standard InChI is InChI=1S/C9H5ClFNO.C6H12.CH4O/c10-9-8-2-1-7(13-11)5-6(8)3-4-12-9;1-2-4-6-5-3-1;1-2/h1-5H;1-6H2;2H,1H3. The molecule has 0 saturated heterocycles. The van der Waals surface area contributed by atoms with Crippen molar-refractivity contribution in [2.24, 2.45) is 0 Å². The molecule has 0 aliphatic heterocycles. The zero-order chi connectivity index (χ0) is 15.5. The highest BCUT2D eigenvalue weighted by atomic mass is 35.5. The van der Waals surface area contributed by atoms with E-state index in [4.69, 9.17) is 16.7 Å². The number of pyridine rings is 1. The molecule has 3 rings (SSSR count). The van der Waals surface area contributed by atoms with E-state index in [1.165, 1.54) is 44.6 Å². The van der Waals surface area contributed by atoms with Gasteiger partial charge in [-0.25, -0.2) is 4.98 Å². The summed E-state index contributed by atoms with van der Waals surface area (Å²) in [6.07, 6.45) is 10.6. The van der Waals surface area contributed by atoms with Gasteiger partial charge in [0.25, 0.3) is 0 Å². The van der Waals surface area contributed by atoms with Crippen molar-refractivity contribution in [3.05, 3.63) is 35.6 Å². The molecule has 0 unspecified atom stereocenters. The summed E-state index contributed by atoms with van der Waals surface area (Å²) in [6.45, 7) is 0. The molecule has 1 aliphatic carbocycles. The summed E-state index contributed by atoms with van der Waals surface area (Å²) in [7, 11) is 1.00. The molecule has 1 saturated carbocycles. The van der Waals surface area contributed by atoms with E-state index in [1.807, 2.05) is 0 Å². The molecule has 3 nitrogen and oxygen atoms in total. The van der Waals surface area contributed by atoms with E-state index < -0.39 is 0 Å². The number of hydrogen-bond acceptors (Lipinski definition) is 3. The molecule has 0 radical (unpaired) electrons. The van der Waals surface area contributed by atoms with Crippen molar-refractivity contribution >= 4 is 22.4 Å². The summed E-state index contributed by atoms with van der Waals surface area (Å²) in [5.41, 5.74) is 0. The fraction of sp³-hybridized carbons (Fsp3) is 0.438. The van der Waals surface area contributed by atoms with Gasteiger partial charge >= 0.3 is 0 Å². The van der Waals surface area contributed by atoms with Crippen LogP contribution in [0.2, 0.25) is 5.15 Å². The van der Waals surface area contributed by atoms with Crippen LogP contribution < -0.4 is 4.94 Å². The third-order valence-corrected chi connectivity index (χ3v) is 3.58. The summed E-state index contributed by atoms with van der Waals surface area (Å²) in [5, 5.41) is 8.99. The monoisotopic (exact) mass is 313 g/mol. The van der Waals surface area contributed by atoms with Crippen LogP contribution in [0.25, 0.3) is 10.8 Å². The largest absolute Gasteiger partial charge is 0.400 e. The molecule has 2 aromatic rings. The number of benzene rings is 1. The molecule has 1 aromatic heterocycles. The zero-order valence-corrected chi connectivity index (χ0v) is 12.9. The molecular weight excluding hydrogens is 293 g/mol. The van der Waals surface area contributed by atoms with Crippen molar-refractivity contribution in [1.82, 2.24) is 4.98 Å². The van der Waals surface area contributed by atoms with Gasteiger partial charge in [0.2, 0.25) is 0 Å². The number of fused-ring (bicyclic) bond motifs is 1. The lowest BCUT2D eigenvalue weighted by molar-refractivity contribution is -0.00603. The summed E-state index contributed by atoms with van der Waals surface area (Å²) < 4.78 is 11.8. The van der Waals surface area contributed by atoms with E-state index in [2.05, 4.69) is 9.93 Å². The molecule has 0 atom stereocenters. The Bertz CT molecular complexity index is 521. The highest BCUT2D eigenvalue weighted by Gasteiger charge is 2.01. The van der Waals surface area contributed by atoms with E-state index in [0.717, 1.165) is 17.9 Å². The number of nitrogens with zero attached hydrogens (tertiary/aromatic N) is 1. The average Bonchev–Trinajstić information content (AvgIpc) is 2.59. The lowest BCUT2D eigenvalue weighted by Gasteiger charge is -2.05. The Hall–Kier alpha value is -1.39. The second-order valence-corrected chi connectivity index (χ2v) is 5.04. The third kappa shape index (κ3) is 5.86. The lowest BCUT2D eigenvalue weighted by atomic mass is 10.0. The predicted octanol–water partition coefficient (Wildman–Crippen LogP) is 5.10. The molecule has 5 heteroatoms. The van der Waals surface area contributed by atoms with Gasteiger partial charge in [-0.2, -0.15) is 0 Å². The summed E-state index contributed by atoms with van der Waals surface area (Å²) in [4.78, 5) is 7.49. The second kappa shape index (κ2) is 10.4. The minimum absolute atomic E-state index is 0.162. The predicted molar refractivity (Wildman–Crippen MR) is 84.3 cm³/mol. The number of hydrogen-bond donors (Lipinski definition) is 1. The van der Waals surface area contributed by atoms with Gasteiger partial charge in [0, 0.05) is 23.2 Å². The Balaban J connectivity index is 0.000000231. The average molecular weight is 314 g/mol. The summed E-state index contributed by atoms with van der Waals surface area (Å²) in [6, 6.07) is 6.46. The zero-order valence-electron chi connectivity index (χ0n) is 12.2. The lowest BCUT2D eigenvalue weighted by Crippen LogP contribution is -1.85. The molecule has 0 bridgehead atoms. The maximum Gasteiger partial charge on any atom is 0.172 e.